The number of hydrogen-bond donors (Lipinski definition) is 1. The lowest BCUT2D eigenvalue weighted by Crippen LogP contribution is -2.43. The van der Waals surface area contributed by atoms with E-state index in [0.717, 1.165) is 39.4 Å². The molecule has 1 aromatic heterocycles. The average Bonchev–Trinajstić information content (AvgIpc) is 3.05. The van der Waals surface area contributed by atoms with Crippen LogP contribution in [0.1, 0.15) is 25.8 Å². The molecule has 1 N–H and O–H groups in total. The van der Waals surface area contributed by atoms with Gasteiger partial charge in [-0.05, 0) is 19.8 Å². The number of nitrogens with one attached hydrogen (secondary N) is 1. The first-order chi connectivity index (χ1) is 10.2. The second kappa shape index (κ2) is 6.15. The maximum absolute atomic E-state index is 12.2. The van der Waals surface area contributed by atoms with E-state index in [-0.39, 0.29) is 11.9 Å². The maximum Gasteiger partial charge on any atom is 0.242 e. The fourth-order valence-electron chi connectivity index (χ4n) is 2.86. The second-order valence-corrected chi connectivity index (χ2v) is 6.29. The molecule has 1 aliphatic heterocycles. The molecule has 1 saturated heterocycles. The monoisotopic (exact) mass is 292 g/mol. The molecule has 6 nitrogen and oxygen atoms in total. The zero-order valence-corrected chi connectivity index (χ0v) is 12.6. The molecule has 2 heterocycles. The van der Waals surface area contributed by atoms with Crippen molar-refractivity contribution in [3.05, 3.63) is 18.7 Å². The van der Waals surface area contributed by atoms with Gasteiger partial charge in [0.15, 0.2) is 0 Å². The maximum atomic E-state index is 12.2. The van der Waals surface area contributed by atoms with Gasteiger partial charge in [-0.15, -0.1) is 0 Å². The number of amides is 1. The minimum atomic E-state index is -0.202. The summed E-state index contributed by atoms with van der Waals surface area (Å²) in [5.74, 6) is 0.0706. The highest BCUT2D eigenvalue weighted by atomic mass is 16.5. The van der Waals surface area contributed by atoms with Crippen LogP contribution in [0.4, 0.5) is 0 Å². The molecule has 1 atom stereocenters. The molecule has 6 heteroatoms. The number of imidazole rings is 1. The summed E-state index contributed by atoms with van der Waals surface area (Å²) in [5.41, 5.74) is 0.293. The fourth-order valence-corrected chi connectivity index (χ4v) is 2.86. The molecule has 1 unspecified atom stereocenters. The van der Waals surface area contributed by atoms with Crippen molar-refractivity contribution in [2.75, 3.05) is 39.4 Å². The largest absolute Gasteiger partial charge is 0.379 e. The van der Waals surface area contributed by atoms with Crippen molar-refractivity contribution in [2.45, 2.75) is 25.8 Å². The van der Waals surface area contributed by atoms with Gasteiger partial charge in [-0.3, -0.25) is 9.69 Å². The van der Waals surface area contributed by atoms with Crippen LogP contribution in [0.5, 0.6) is 0 Å². The molecule has 1 saturated carbocycles. The van der Waals surface area contributed by atoms with E-state index in [4.69, 9.17) is 4.74 Å². The molecule has 1 amide bonds. The molecular formula is C15H24N4O2. The van der Waals surface area contributed by atoms with Crippen molar-refractivity contribution in [2.24, 2.45) is 5.41 Å². The topological polar surface area (TPSA) is 59.4 Å². The van der Waals surface area contributed by atoms with Gasteiger partial charge in [0.1, 0.15) is 6.04 Å². The van der Waals surface area contributed by atoms with Gasteiger partial charge in [-0.2, -0.15) is 0 Å². The van der Waals surface area contributed by atoms with Crippen LogP contribution in [0.15, 0.2) is 18.7 Å². The third-order valence-electron chi connectivity index (χ3n) is 4.61. The van der Waals surface area contributed by atoms with Gasteiger partial charge in [0.25, 0.3) is 0 Å². The Morgan fingerprint density at radius 3 is 2.81 bits per heavy atom. The first-order valence-electron chi connectivity index (χ1n) is 7.74. The first-order valence-corrected chi connectivity index (χ1v) is 7.74. The van der Waals surface area contributed by atoms with Crippen molar-refractivity contribution in [1.82, 2.24) is 19.8 Å². The summed E-state index contributed by atoms with van der Waals surface area (Å²) in [4.78, 5) is 18.7. The molecule has 116 valence electrons. The number of ether oxygens (including phenoxy) is 1. The summed E-state index contributed by atoms with van der Waals surface area (Å²) in [5, 5.41) is 3.12. The Hall–Kier alpha value is -1.40. The van der Waals surface area contributed by atoms with Crippen molar-refractivity contribution in [3.8, 4) is 0 Å². The van der Waals surface area contributed by atoms with Gasteiger partial charge in [-0.1, -0.05) is 0 Å². The molecule has 0 aromatic carbocycles. The molecular weight excluding hydrogens is 268 g/mol. The number of nitrogens with zero attached hydrogens (tertiary/aromatic N) is 3. The van der Waals surface area contributed by atoms with E-state index < -0.39 is 0 Å². The third-order valence-corrected chi connectivity index (χ3v) is 4.61. The third kappa shape index (κ3) is 3.63. The minimum Gasteiger partial charge on any atom is -0.379 e. The van der Waals surface area contributed by atoms with Crippen molar-refractivity contribution >= 4 is 5.91 Å². The summed E-state index contributed by atoms with van der Waals surface area (Å²) < 4.78 is 7.22. The van der Waals surface area contributed by atoms with Crippen LogP contribution in [0.3, 0.4) is 0 Å². The Bertz CT molecular complexity index is 464. The average molecular weight is 292 g/mol. The fraction of sp³-hybridized carbons (Fsp3) is 0.733. The van der Waals surface area contributed by atoms with E-state index in [0.29, 0.717) is 5.41 Å². The summed E-state index contributed by atoms with van der Waals surface area (Å²) in [6.45, 7) is 7.46. The van der Waals surface area contributed by atoms with E-state index in [1.165, 1.54) is 12.8 Å². The van der Waals surface area contributed by atoms with Gasteiger partial charge in [-0.25, -0.2) is 4.98 Å². The normalized spacial score (nSPS) is 22.7. The predicted octanol–water partition coefficient (Wildman–Crippen LogP) is 0.673. The lowest BCUT2D eigenvalue weighted by molar-refractivity contribution is -0.124. The number of carbonyl (C=O) groups is 1. The summed E-state index contributed by atoms with van der Waals surface area (Å²) in [6, 6.07) is -0.202. The Labute approximate surface area is 125 Å². The van der Waals surface area contributed by atoms with Crippen LogP contribution in [0.2, 0.25) is 0 Å². The van der Waals surface area contributed by atoms with E-state index in [9.17, 15) is 4.79 Å². The molecule has 2 aliphatic rings. The van der Waals surface area contributed by atoms with Crippen LogP contribution >= 0.6 is 0 Å². The van der Waals surface area contributed by atoms with Crippen LogP contribution in [-0.4, -0.2) is 59.8 Å². The Balaban J connectivity index is 1.46. The lowest BCUT2D eigenvalue weighted by atomic mass is 10.1. The number of aromatic nitrogens is 2. The van der Waals surface area contributed by atoms with Crippen molar-refractivity contribution in [1.29, 1.82) is 0 Å². The first kappa shape index (κ1) is 14.5. The second-order valence-electron chi connectivity index (χ2n) is 6.29. The minimum absolute atomic E-state index is 0.0706. The lowest BCUT2D eigenvalue weighted by Gasteiger charge is -2.30. The van der Waals surface area contributed by atoms with E-state index in [2.05, 4.69) is 15.2 Å². The highest BCUT2D eigenvalue weighted by Crippen LogP contribution is 2.45. The van der Waals surface area contributed by atoms with Crippen LogP contribution in [0, 0.1) is 5.41 Å². The van der Waals surface area contributed by atoms with E-state index >= 15 is 0 Å². The summed E-state index contributed by atoms with van der Waals surface area (Å²) in [6.07, 6.45) is 7.63. The molecule has 1 aromatic rings. The molecule has 21 heavy (non-hydrogen) atoms. The number of rotatable bonds is 6. The van der Waals surface area contributed by atoms with Crippen LogP contribution in [-0.2, 0) is 9.53 Å². The SMILES string of the molecule is CC(C(=O)NCC1(CN2CCOCC2)CC1)n1ccnc1. The van der Waals surface area contributed by atoms with Gasteiger partial charge in [0, 0.05) is 44.0 Å². The smallest absolute Gasteiger partial charge is 0.242 e. The molecule has 0 spiro atoms. The van der Waals surface area contributed by atoms with Crippen molar-refractivity contribution in [3.63, 3.8) is 0 Å². The van der Waals surface area contributed by atoms with E-state index in [1.54, 1.807) is 12.5 Å². The van der Waals surface area contributed by atoms with Crippen LogP contribution in [0.25, 0.3) is 0 Å². The molecule has 2 fully saturated rings. The number of morpholine rings is 1. The summed E-state index contributed by atoms with van der Waals surface area (Å²) >= 11 is 0. The molecule has 3 rings (SSSR count). The van der Waals surface area contributed by atoms with Gasteiger partial charge in [0.05, 0.1) is 19.5 Å². The van der Waals surface area contributed by atoms with E-state index in [1.807, 2.05) is 17.7 Å². The van der Waals surface area contributed by atoms with Gasteiger partial charge >= 0.3 is 0 Å². The zero-order valence-electron chi connectivity index (χ0n) is 12.6. The number of hydrogen-bond acceptors (Lipinski definition) is 4. The van der Waals surface area contributed by atoms with Gasteiger partial charge < -0.3 is 14.6 Å². The Morgan fingerprint density at radius 2 is 2.19 bits per heavy atom. The zero-order chi connectivity index (χ0) is 14.7. The molecule has 0 radical (unpaired) electrons. The Morgan fingerprint density at radius 1 is 1.43 bits per heavy atom. The Kier molecular flexibility index (Phi) is 4.26. The highest BCUT2D eigenvalue weighted by molar-refractivity contribution is 5.79. The molecule has 0 bridgehead atoms. The standard InChI is InChI=1S/C15H24N4O2/c1-13(19-5-4-16-12-19)14(20)17-10-15(2-3-15)11-18-6-8-21-9-7-18/h4-5,12-13H,2-3,6-11H2,1H3,(H,17,20). The van der Waals surface area contributed by atoms with Crippen LogP contribution < -0.4 is 5.32 Å². The predicted molar refractivity (Wildman–Crippen MR) is 78.9 cm³/mol. The highest BCUT2D eigenvalue weighted by Gasteiger charge is 2.44. The quantitative estimate of drug-likeness (QED) is 0.837. The van der Waals surface area contributed by atoms with Gasteiger partial charge in [0.2, 0.25) is 5.91 Å². The van der Waals surface area contributed by atoms with Crippen molar-refractivity contribution < 1.29 is 9.53 Å². The summed E-state index contributed by atoms with van der Waals surface area (Å²) in [7, 11) is 0. The molecule has 1 aliphatic carbocycles. The number of carbonyl (C=O) groups excluding carboxylic acids is 1.